The monoisotopic (exact) mass is 564 g/mol. The smallest absolute Gasteiger partial charge is 0.286 e. The normalized spacial score (nSPS) is 19.2. The first-order chi connectivity index (χ1) is 17.7. The fraction of sp³-hybridized carbons (Fsp3) is 0.360. The molecule has 0 saturated heterocycles. The number of amides is 1. The van der Waals surface area contributed by atoms with Gasteiger partial charge in [0.05, 0.1) is 11.9 Å². The molecule has 3 N–H and O–H groups in total. The summed E-state index contributed by atoms with van der Waals surface area (Å²) in [5.74, 6) is -1.26. The molecule has 10 nitrogen and oxygen atoms in total. The number of amidine groups is 1. The predicted octanol–water partition coefficient (Wildman–Crippen LogP) is 3.76. The summed E-state index contributed by atoms with van der Waals surface area (Å²) >= 11 is 0. The first-order valence-corrected chi connectivity index (χ1v) is 15.3. The summed E-state index contributed by atoms with van der Waals surface area (Å²) in [5.41, 5.74) is 0.525. The summed E-state index contributed by atoms with van der Waals surface area (Å²) in [6, 6.07) is 9.22. The minimum atomic E-state index is -4.35. The Morgan fingerprint density at radius 3 is 2.53 bits per heavy atom. The first-order valence-electron chi connectivity index (χ1n) is 12.0. The van der Waals surface area contributed by atoms with Gasteiger partial charge in [-0.25, -0.2) is 12.8 Å². The number of rotatable bonds is 8. The molecule has 4 rings (SSSR count). The fourth-order valence-electron chi connectivity index (χ4n) is 4.42. The molecule has 0 spiro atoms. The number of carbonyl (C=O) groups excluding carboxylic acids is 1. The molecular weight excluding hydrogens is 535 g/mol. The minimum absolute atomic E-state index is 0.0320. The van der Waals surface area contributed by atoms with E-state index in [0.29, 0.717) is 17.9 Å². The van der Waals surface area contributed by atoms with Crippen LogP contribution in [0.4, 0.5) is 15.8 Å². The van der Waals surface area contributed by atoms with Gasteiger partial charge in [-0.05, 0) is 54.7 Å². The zero-order chi connectivity index (χ0) is 27.8. The van der Waals surface area contributed by atoms with Crippen molar-refractivity contribution in [3.05, 3.63) is 65.2 Å². The van der Waals surface area contributed by atoms with Crippen molar-refractivity contribution in [1.82, 2.24) is 4.90 Å². The van der Waals surface area contributed by atoms with Crippen LogP contribution < -0.4 is 10.0 Å². The molecule has 2 aromatic carbocycles. The summed E-state index contributed by atoms with van der Waals surface area (Å²) < 4.78 is 68.6. The number of nitrogens with one attached hydrogen (secondary N) is 2. The van der Waals surface area contributed by atoms with Crippen LogP contribution in [-0.4, -0.2) is 50.9 Å². The summed E-state index contributed by atoms with van der Waals surface area (Å²) in [6.45, 7) is 4.24. The van der Waals surface area contributed by atoms with E-state index in [1.165, 1.54) is 24.3 Å². The molecule has 2 aliphatic heterocycles. The molecule has 2 aromatic rings. The second-order valence-electron chi connectivity index (χ2n) is 9.84. The third kappa shape index (κ3) is 6.16. The van der Waals surface area contributed by atoms with Crippen LogP contribution in [0.25, 0.3) is 0 Å². The second-order valence-corrected chi connectivity index (χ2v) is 13.2. The number of halogens is 1. The van der Waals surface area contributed by atoms with E-state index in [2.05, 4.69) is 28.3 Å². The van der Waals surface area contributed by atoms with E-state index < -0.39 is 31.8 Å². The molecule has 0 aromatic heterocycles. The van der Waals surface area contributed by atoms with E-state index in [0.717, 1.165) is 18.7 Å². The minimum Gasteiger partial charge on any atom is -0.511 e. The number of anilines is 2. The van der Waals surface area contributed by atoms with Crippen molar-refractivity contribution in [3.63, 3.8) is 0 Å². The number of aliphatic hydroxyl groups excluding tert-OH is 1. The van der Waals surface area contributed by atoms with Gasteiger partial charge in [0, 0.05) is 24.7 Å². The highest BCUT2D eigenvalue weighted by Gasteiger charge is 2.39. The van der Waals surface area contributed by atoms with Gasteiger partial charge in [0.2, 0.25) is 10.0 Å². The Morgan fingerprint density at radius 2 is 1.89 bits per heavy atom. The first kappa shape index (κ1) is 27.6. The van der Waals surface area contributed by atoms with E-state index in [9.17, 15) is 31.1 Å². The number of hydrogen-bond donors (Lipinski definition) is 3. The van der Waals surface area contributed by atoms with Crippen molar-refractivity contribution < 1.29 is 31.1 Å². The largest absolute Gasteiger partial charge is 0.511 e. The number of carbonyl (C=O) groups is 1. The highest BCUT2D eigenvalue weighted by Crippen LogP contribution is 2.35. The van der Waals surface area contributed by atoms with Gasteiger partial charge in [0.1, 0.15) is 22.0 Å². The Labute approximate surface area is 221 Å². The Kier molecular flexibility index (Phi) is 7.53. The summed E-state index contributed by atoms with van der Waals surface area (Å²) in [5, 5.41) is 13.7. The van der Waals surface area contributed by atoms with Crippen molar-refractivity contribution >= 4 is 43.2 Å². The fourth-order valence-corrected chi connectivity index (χ4v) is 6.13. The highest BCUT2D eigenvalue weighted by molar-refractivity contribution is 7.92. The summed E-state index contributed by atoms with van der Waals surface area (Å²) in [4.78, 5) is 15.0. The second kappa shape index (κ2) is 10.4. The highest BCUT2D eigenvalue weighted by atomic mass is 32.2. The van der Waals surface area contributed by atoms with Gasteiger partial charge in [-0.15, -0.1) is 4.40 Å². The van der Waals surface area contributed by atoms with Gasteiger partial charge in [0.25, 0.3) is 15.9 Å². The molecule has 1 amide bonds. The molecule has 2 heterocycles. The lowest BCUT2D eigenvalue weighted by atomic mass is 9.92. The average Bonchev–Trinajstić information content (AvgIpc) is 2.80. The maximum absolute atomic E-state index is 13.7. The van der Waals surface area contributed by atoms with Crippen LogP contribution in [-0.2, 0) is 31.4 Å². The molecule has 0 bridgehead atoms. The Hall–Kier alpha value is -3.45. The maximum Gasteiger partial charge on any atom is 0.286 e. The van der Waals surface area contributed by atoms with Crippen LogP contribution in [0.3, 0.4) is 0 Å². The van der Waals surface area contributed by atoms with Gasteiger partial charge in [0.15, 0.2) is 5.84 Å². The molecule has 0 aliphatic carbocycles. The molecule has 204 valence electrons. The number of nitrogens with zero attached hydrogens (tertiary/aromatic N) is 2. The quantitative estimate of drug-likeness (QED) is 0.443. The van der Waals surface area contributed by atoms with Gasteiger partial charge in [-0.3, -0.25) is 9.52 Å². The Morgan fingerprint density at radius 1 is 1.21 bits per heavy atom. The van der Waals surface area contributed by atoms with Crippen molar-refractivity contribution in [3.8, 4) is 0 Å². The Bertz CT molecular complexity index is 1530. The molecule has 13 heteroatoms. The van der Waals surface area contributed by atoms with E-state index in [-0.39, 0.29) is 52.4 Å². The van der Waals surface area contributed by atoms with Crippen LogP contribution in [0.5, 0.6) is 0 Å². The van der Waals surface area contributed by atoms with Crippen LogP contribution >= 0.6 is 0 Å². The van der Waals surface area contributed by atoms with Crippen LogP contribution in [0.15, 0.2) is 63.1 Å². The Balaban J connectivity index is 1.70. The topological polar surface area (TPSA) is 145 Å². The molecule has 0 fully saturated rings. The van der Waals surface area contributed by atoms with Crippen molar-refractivity contribution in [2.45, 2.75) is 50.6 Å². The van der Waals surface area contributed by atoms with Gasteiger partial charge in [-0.2, -0.15) is 8.42 Å². The zero-order valence-corrected chi connectivity index (χ0v) is 22.7. The average molecular weight is 565 g/mol. The number of aliphatic hydroxyl groups is 1. The molecular formula is C25H29FN4O6S2. The van der Waals surface area contributed by atoms with Crippen LogP contribution in [0.1, 0.15) is 38.7 Å². The van der Waals surface area contributed by atoms with Crippen molar-refractivity contribution in [2.75, 3.05) is 16.3 Å². The molecule has 38 heavy (non-hydrogen) atoms. The van der Waals surface area contributed by atoms with Crippen LogP contribution in [0, 0.1) is 11.7 Å². The molecule has 0 saturated carbocycles. The predicted molar refractivity (Wildman–Crippen MR) is 142 cm³/mol. The van der Waals surface area contributed by atoms with Crippen molar-refractivity contribution in [1.29, 1.82) is 0 Å². The summed E-state index contributed by atoms with van der Waals surface area (Å²) in [6.07, 6.45) is 2.44. The zero-order valence-electron chi connectivity index (χ0n) is 21.1. The number of fused-ring (bicyclic) bond motifs is 1. The van der Waals surface area contributed by atoms with Gasteiger partial charge in [-0.1, -0.05) is 26.0 Å². The number of hydrogen-bond acceptors (Lipinski definition) is 7. The number of benzene rings is 2. The van der Waals surface area contributed by atoms with Crippen molar-refractivity contribution in [2.24, 2.45) is 10.3 Å². The molecule has 2 aliphatic rings. The lowest BCUT2D eigenvalue weighted by Gasteiger charge is -2.37. The SMILES string of the molecule is CC(C)CCC1CC(O)=C(C2=NS(=O)(=O)c3cc(NS(C)(=O)=O)ccc3N2)C(=O)N1Cc1ccc(F)cc1. The third-order valence-electron chi connectivity index (χ3n) is 6.24. The lowest BCUT2D eigenvalue weighted by molar-refractivity contribution is -0.131. The van der Waals surface area contributed by atoms with E-state index in [1.807, 2.05) is 0 Å². The number of sulfonamides is 2. The molecule has 1 atom stereocenters. The van der Waals surface area contributed by atoms with E-state index >= 15 is 0 Å². The standard InChI is InChI=1S/C25H29FN4O6S2/c1-15(2)4-10-19-13-21(31)23(25(32)30(19)14-16-5-7-17(26)8-6-16)24-27-20-11-9-18(28-37(3,33)34)12-22(20)38(35,36)29-24/h5-9,11-12,15,19,28,31H,4,10,13-14H2,1-3H3,(H,27,29). The van der Waals surface area contributed by atoms with E-state index in [1.54, 1.807) is 17.0 Å². The molecule has 0 radical (unpaired) electrons. The molecule has 1 unspecified atom stereocenters. The van der Waals surface area contributed by atoms with Gasteiger partial charge < -0.3 is 15.3 Å². The maximum atomic E-state index is 13.7. The lowest BCUT2D eigenvalue weighted by Crippen LogP contribution is -2.47. The third-order valence-corrected chi connectivity index (χ3v) is 8.16. The van der Waals surface area contributed by atoms with E-state index in [4.69, 9.17) is 0 Å². The van der Waals surface area contributed by atoms with Gasteiger partial charge >= 0.3 is 0 Å². The van der Waals surface area contributed by atoms with Crippen LogP contribution in [0.2, 0.25) is 0 Å². The summed E-state index contributed by atoms with van der Waals surface area (Å²) in [7, 11) is -7.99.